The molecule has 0 bridgehead atoms. The lowest BCUT2D eigenvalue weighted by atomic mass is 10.1. The molecule has 0 aromatic carbocycles. The Morgan fingerprint density at radius 2 is 1.90 bits per heavy atom. The first-order chi connectivity index (χ1) is 14.5. The van der Waals surface area contributed by atoms with Crippen molar-refractivity contribution in [3.8, 4) is 0 Å². The van der Waals surface area contributed by atoms with Gasteiger partial charge in [0.15, 0.2) is 0 Å². The Morgan fingerprint density at radius 3 is 2.57 bits per heavy atom. The summed E-state index contributed by atoms with van der Waals surface area (Å²) < 4.78 is 0. The van der Waals surface area contributed by atoms with Crippen LogP contribution >= 0.6 is 0 Å². The number of carbonyl (C=O) groups excluding carboxylic acids is 2. The van der Waals surface area contributed by atoms with Crippen LogP contribution in [-0.2, 0) is 4.79 Å². The van der Waals surface area contributed by atoms with Crippen LogP contribution in [0.4, 0.5) is 4.79 Å². The van der Waals surface area contributed by atoms with Crippen molar-refractivity contribution in [3.05, 3.63) is 71.1 Å². The first-order valence-corrected chi connectivity index (χ1v) is 9.76. The van der Waals surface area contributed by atoms with E-state index < -0.39 is 0 Å². The molecule has 0 radical (unpaired) electrons. The minimum atomic E-state index is -0.324. The lowest BCUT2D eigenvalue weighted by molar-refractivity contribution is -0.117. The van der Waals surface area contributed by atoms with E-state index >= 15 is 0 Å². The Hall–Kier alpha value is -3.55. The maximum atomic E-state index is 12.4. The van der Waals surface area contributed by atoms with Gasteiger partial charge >= 0.3 is 6.03 Å². The topological polar surface area (TPSA) is 107 Å². The van der Waals surface area contributed by atoms with Crippen LogP contribution in [0.1, 0.15) is 6.42 Å². The molecule has 8 heteroatoms. The smallest absolute Gasteiger partial charge is 0.319 e. The average Bonchev–Trinajstić information content (AvgIpc) is 3.11. The zero-order valence-corrected chi connectivity index (χ0v) is 17.9. The second-order valence-electron chi connectivity index (χ2n) is 6.67. The highest BCUT2D eigenvalue weighted by molar-refractivity contribution is 5.94. The van der Waals surface area contributed by atoms with E-state index in [1.165, 1.54) is 0 Å². The molecule has 0 fully saturated rings. The van der Waals surface area contributed by atoms with Gasteiger partial charge in [-0.2, -0.15) is 0 Å². The summed E-state index contributed by atoms with van der Waals surface area (Å²) in [7, 11) is 6.97. The Morgan fingerprint density at radius 1 is 1.10 bits per heavy atom. The van der Waals surface area contributed by atoms with Crippen LogP contribution in [0, 0.1) is 5.92 Å². The van der Waals surface area contributed by atoms with Gasteiger partial charge in [-0.25, -0.2) is 4.79 Å². The summed E-state index contributed by atoms with van der Waals surface area (Å²) in [6, 6.07) is -0.324. The molecule has 2 aliphatic rings. The van der Waals surface area contributed by atoms with E-state index in [1.54, 1.807) is 33.3 Å². The highest BCUT2D eigenvalue weighted by Crippen LogP contribution is 2.15. The van der Waals surface area contributed by atoms with Gasteiger partial charge in [-0.15, -0.1) is 0 Å². The molecule has 2 aliphatic carbocycles. The zero-order valence-electron chi connectivity index (χ0n) is 17.9. The fourth-order valence-corrected chi connectivity index (χ4v) is 3.03. The Labute approximate surface area is 177 Å². The Kier molecular flexibility index (Phi) is 8.68. The van der Waals surface area contributed by atoms with Gasteiger partial charge in [0.2, 0.25) is 5.91 Å². The SMILES string of the molecule is CN=C(NC)C1C=CC=C(CNC(=O)NC2=CC=C(C(=O)NC)CC(NC)=C2)C=C1. The molecule has 0 spiro atoms. The normalized spacial score (nSPS) is 18.7. The standard InChI is InChI=1S/C22H30N6O2/c1-23-19-12-17(21(29)26-4)10-11-18(13-19)28-22(30)27-14-15-6-5-7-16(9-8-15)20(24-2)25-3/h5-11,13,16,23H,12,14H2,1-4H3,(H,24,25)(H,26,29)(H2,27,28,30). The molecular weight excluding hydrogens is 380 g/mol. The van der Waals surface area contributed by atoms with E-state index in [0.717, 1.165) is 17.1 Å². The van der Waals surface area contributed by atoms with Crippen molar-refractivity contribution in [1.82, 2.24) is 26.6 Å². The van der Waals surface area contributed by atoms with E-state index in [0.29, 0.717) is 24.2 Å². The van der Waals surface area contributed by atoms with E-state index in [9.17, 15) is 9.59 Å². The van der Waals surface area contributed by atoms with E-state index in [-0.39, 0.29) is 17.9 Å². The molecule has 160 valence electrons. The summed E-state index contributed by atoms with van der Waals surface area (Å²) in [5, 5.41) is 14.4. The summed E-state index contributed by atoms with van der Waals surface area (Å²) in [6.07, 6.45) is 15.7. The van der Waals surface area contributed by atoms with Gasteiger partial charge in [0.05, 0.1) is 5.92 Å². The largest absolute Gasteiger partial charge is 0.391 e. The predicted octanol–water partition coefficient (Wildman–Crippen LogP) is 1.27. The van der Waals surface area contributed by atoms with E-state index in [1.807, 2.05) is 43.5 Å². The van der Waals surface area contributed by atoms with Crippen LogP contribution in [0.5, 0.6) is 0 Å². The third kappa shape index (κ3) is 6.51. The van der Waals surface area contributed by atoms with Crippen molar-refractivity contribution >= 4 is 17.8 Å². The first-order valence-electron chi connectivity index (χ1n) is 9.76. The minimum absolute atomic E-state index is 0.0742. The molecule has 0 aliphatic heterocycles. The lowest BCUT2D eigenvalue weighted by Gasteiger charge is -2.11. The number of carbonyl (C=O) groups is 2. The number of likely N-dealkylation sites (N-methyl/N-ethyl adjacent to an activating group) is 1. The molecule has 1 unspecified atom stereocenters. The second-order valence-corrected chi connectivity index (χ2v) is 6.67. The van der Waals surface area contributed by atoms with E-state index in [4.69, 9.17) is 0 Å². The first kappa shape index (κ1) is 22.7. The molecule has 3 amide bonds. The monoisotopic (exact) mass is 410 g/mol. The van der Waals surface area contributed by atoms with Crippen molar-refractivity contribution in [1.29, 1.82) is 0 Å². The Bertz CT molecular complexity index is 874. The van der Waals surface area contributed by atoms with Gasteiger partial charge in [0.1, 0.15) is 5.84 Å². The van der Waals surface area contributed by atoms with Crippen LogP contribution in [-0.4, -0.2) is 52.5 Å². The maximum absolute atomic E-state index is 12.4. The third-order valence-electron chi connectivity index (χ3n) is 4.68. The highest BCUT2D eigenvalue weighted by atomic mass is 16.2. The number of amides is 3. The van der Waals surface area contributed by atoms with E-state index in [2.05, 4.69) is 31.6 Å². The van der Waals surface area contributed by atoms with Gasteiger partial charge in [-0.3, -0.25) is 9.79 Å². The number of rotatable bonds is 6. The number of allylic oxidation sites excluding steroid dienone is 6. The highest BCUT2D eigenvalue weighted by Gasteiger charge is 2.14. The van der Waals surface area contributed by atoms with Crippen molar-refractivity contribution in [2.24, 2.45) is 10.9 Å². The Balaban J connectivity index is 1.97. The molecule has 2 rings (SSSR count). The third-order valence-corrected chi connectivity index (χ3v) is 4.68. The van der Waals surface area contributed by atoms with Crippen molar-refractivity contribution in [2.45, 2.75) is 6.42 Å². The number of hydrogen-bond acceptors (Lipinski definition) is 4. The molecule has 1 atom stereocenters. The summed E-state index contributed by atoms with van der Waals surface area (Å²) in [5.74, 6) is 0.802. The van der Waals surface area contributed by atoms with Gasteiger partial charge in [-0.1, -0.05) is 36.5 Å². The molecule has 0 saturated carbocycles. The fourth-order valence-electron chi connectivity index (χ4n) is 3.03. The second kappa shape index (κ2) is 11.5. The lowest BCUT2D eigenvalue weighted by Crippen LogP contribution is -2.35. The van der Waals surface area contributed by atoms with Crippen LogP contribution in [0.2, 0.25) is 0 Å². The number of nitrogens with one attached hydrogen (secondary N) is 5. The molecule has 0 aromatic rings. The minimum Gasteiger partial charge on any atom is -0.391 e. The number of nitrogens with zero attached hydrogens (tertiary/aromatic N) is 1. The molecule has 0 aromatic heterocycles. The van der Waals surface area contributed by atoms with Gasteiger partial charge < -0.3 is 26.6 Å². The van der Waals surface area contributed by atoms with Crippen LogP contribution in [0.25, 0.3) is 0 Å². The quantitative estimate of drug-likeness (QED) is 0.336. The molecule has 0 saturated heterocycles. The number of aliphatic imine (C=N–C) groups is 1. The summed E-state index contributed by atoms with van der Waals surface area (Å²) >= 11 is 0. The van der Waals surface area contributed by atoms with Crippen LogP contribution in [0.15, 0.2) is 76.1 Å². The number of amidine groups is 1. The van der Waals surface area contributed by atoms with Crippen molar-refractivity contribution in [3.63, 3.8) is 0 Å². The summed E-state index contributed by atoms with van der Waals surface area (Å²) in [4.78, 5) is 28.5. The molecule has 8 nitrogen and oxygen atoms in total. The van der Waals surface area contributed by atoms with Crippen LogP contribution < -0.4 is 26.6 Å². The molecule has 0 heterocycles. The molecule has 30 heavy (non-hydrogen) atoms. The predicted molar refractivity (Wildman–Crippen MR) is 121 cm³/mol. The van der Waals surface area contributed by atoms with Gasteiger partial charge in [0, 0.05) is 58.1 Å². The molecule has 5 N–H and O–H groups in total. The van der Waals surface area contributed by atoms with Crippen LogP contribution in [0.3, 0.4) is 0 Å². The average molecular weight is 411 g/mol. The van der Waals surface area contributed by atoms with Crippen molar-refractivity contribution in [2.75, 3.05) is 34.7 Å². The zero-order chi connectivity index (χ0) is 21.9. The molecular formula is C22H30N6O2. The number of hydrogen-bond donors (Lipinski definition) is 5. The van der Waals surface area contributed by atoms with Crippen molar-refractivity contribution < 1.29 is 9.59 Å². The maximum Gasteiger partial charge on any atom is 0.319 e. The summed E-state index contributed by atoms with van der Waals surface area (Å²) in [5.41, 5.74) is 3.01. The fraction of sp³-hybridized carbons (Fsp3) is 0.318. The number of urea groups is 1. The van der Waals surface area contributed by atoms with Gasteiger partial charge in [-0.05, 0) is 17.7 Å². The summed E-state index contributed by atoms with van der Waals surface area (Å²) in [6.45, 7) is 0.382. The van der Waals surface area contributed by atoms with Gasteiger partial charge in [0.25, 0.3) is 0 Å².